The van der Waals surface area contributed by atoms with Gasteiger partial charge >= 0.3 is 0 Å². The molecular weight excluding hydrogens is 248 g/mol. The van der Waals surface area contributed by atoms with Crippen LogP contribution < -0.4 is 5.32 Å². The van der Waals surface area contributed by atoms with Crippen molar-refractivity contribution in [1.29, 1.82) is 0 Å². The summed E-state index contributed by atoms with van der Waals surface area (Å²) in [6, 6.07) is 11.2. The molecule has 1 aromatic rings. The molecule has 0 amide bonds. The molecule has 1 heterocycles. The first-order chi connectivity index (χ1) is 9.83. The minimum absolute atomic E-state index is 0.224. The zero-order valence-corrected chi connectivity index (χ0v) is 12.1. The monoisotopic (exact) mass is 272 g/mol. The lowest BCUT2D eigenvalue weighted by Gasteiger charge is -2.38. The van der Waals surface area contributed by atoms with E-state index in [1.807, 2.05) is 6.07 Å². The van der Waals surface area contributed by atoms with Gasteiger partial charge < -0.3 is 5.32 Å². The first kappa shape index (κ1) is 13.6. The maximum Gasteiger partial charge on any atom is 0.149 e. The van der Waals surface area contributed by atoms with Crippen molar-refractivity contribution >= 4 is 11.5 Å². The Balaban J connectivity index is 1.50. The number of rotatable bonds is 3. The lowest BCUT2D eigenvalue weighted by molar-refractivity contribution is -0.126. The van der Waals surface area contributed by atoms with Crippen molar-refractivity contribution < 1.29 is 4.79 Å². The number of Topliss-reactive ketones (excluding diaryl/α,β-unsaturated/α-hetero) is 1. The van der Waals surface area contributed by atoms with Crippen molar-refractivity contribution in [3.05, 3.63) is 30.3 Å². The number of carbonyl (C=O) groups excluding carboxylic acids is 1. The van der Waals surface area contributed by atoms with Gasteiger partial charge in [-0.3, -0.25) is 9.69 Å². The Hall–Kier alpha value is -1.35. The van der Waals surface area contributed by atoms with Gasteiger partial charge in [0.15, 0.2) is 0 Å². The van der Waals surface area contributed by atoms with E-state index < -0.39 is 0 Å². The van der Waals surface area contributed by atoms with E-state index in [9.17, 15) is 4.79 Å². The Morgan fingerprint density at radius 2 is 1.75 bits per heavy atom. The predicted octanol–water partition coefficient (Wildman–Crippen LogP) is 3.07. The van der Waals surface area contributed by atoms with Crippen LogP contribution in [-0.2, 0) is 4.79 Å². The summed E-state index contributed by atoms with van der Waals surface area (Å²) < 4.78 is 0. The van der Waals surface area contributed by atoms with Gasteiger partial charge in [-0.15, -0.1) is 0 Å². The van der Waals surface area contributed by atoms with Crippen LogP contribution in [0.2, 0.25) is 0 Å². The van der Waals surface area contributed by atoms with Crippen LogP contribution in [0, 0.1) is 0 Å². The van der Waals surface area contributed by atoms with Crippen molar-refractivity contribution in [2.24, 2.45) is 0 Å². The van der Waals surface area contributed by atoms with Crippen molar-refractivity contribution in [2.75, 3.05) is 18.4 Å². The second-order valence-electron chi connectivity index (χ2n) is 6.05. The quantitative estimate of drug-likeness (QED) is 0.918. The third-order valence-corrected chi connectivity index (χ3v) is 4.64. The molecule has 20 heavy (non-hydrogen) atoms. The van der Waals surface area contributed by atoms with Crippen LogP contribution in [0.15, 0.2) is 30.3 Å². The number of hydrogen-bond donors (Lipinski definition) is 1. The van der Waals surface area contributed by atoms with Gasteiger partial charge in [0.05, 0.1) is 6.04 Å². The molecule has 0 spiro atoms. The Kier molecular flexibility index (Phi) is 4.36. The second-order valence-corrected chi connectivity index (χ2v) is 6.05. The van der Waals surface area contributed by atoms with Gasteiger partial charge in [-0.25, -0.2) is 0 Å². The molecule has 1 aliphatic carbocycles. The van der Waals surface area contributed by atoms with Crippen LogP contribution in [0.4, 0.5) is 5.69 Å². The van der Waals surface area contributed by atoms with Crippen LogP contribution >= 0.6 is 0 Å². The Morgan fingerprint density at radius 1 is 1.00 bits per heavy atom. The molecule has 1 N–H and O–H groups in total. The molecule has 0 aromatic heterocycles. The normalized spacial score (nSPS) is 25.6. The highest BCUT2D eigenvalue weighted by atomic mass is 16.1. The van der Waals surface area contributed by atoms with E-state index in [1.165, 1.54) is 12.1 Å². The largest absolute Gasteiger partial charge is 0.382 e. The second kappa shape index (κ2) is 6.40. The predicted molar refractivity (Wildman–Crippen MR) is 81.9 cm³/mol. The van der Waals surface area contributed by atoms with Crippen LogP contribution in [0.3, 0.4) is 0 Å². The van der Waals surface area contributed by atoms with Gasteiger partial charge in [-0.2, -0.15) is 0 Å². The molecule has 2 fully saturated rings. The van der Waals surface area contributed by atoms with Gasteiger partial charge in [0, 0.05) is 31.2 Å². The molecule has 1 unspecified atom stereocenters. The molecule has 3 nitrogen and oxygen atoms in total. The highest BCUT2D eigenvalue weighted by molar-refractivity contribution is 5.84. The first-order valence-corrected chi connectivity index (χ1v) is 7.91. The zero-order chi connectivity index (χ0) is 13.8. The molecule has 2 aliphatic rings. The number of anilines is 1. The minimum atomic E-state index is 0.224. The molecule has 3 heteroatoms. The molecule has 1 aromatic carbocycles. The lowest BCUT2D eigenvalue weighted by atomic mass is 9.91. The summed E-state index contributed by atoms with van der Waals surface area (Å²) in [6.07, 6.45) is 6.47. The van der Waals surface area contributed by atoms with Gasteiger partial charge in [0.25, 0.3) is 0 Å². The van der Waals surface area contributed by atoms with E-state index in [-0.39, 0.29) is 6.04 Å². The Labute approximate surface area is 121 Å². The van der Waals surface area contributed by atoms with E-state index >= 15 is 0 Å². The van der Waals surface area contributed by atoms with Gasteiger partial charge in [0.2, 0.25) is 0 Å². The number of ketones is 1. The lowest BCUT2D eigenvalue weighted by Crippen LogP contribution is -2.48. The topological polar surface area (TPSA) is 32.3 Å². The number of para-hydroxylation sites is 1. The van der Waals surface area contributed by atoms with E-state index in [0.29, 0.717) is 11.8 Å². The van der Waals surface area contributed by atoms with Gasteiger partial charge in [-0.05, 0) is 37.8 Å². The molecule has 1 saturated heterocycles. The summed E-state index contributed by atoms with van der Waals surface area (Å²) in [4.78, 5) is 14.4. The highest BCUT2D eigenvalue weighted by Gasteiger charge is 2.30. The number of piperidine rings is 1. The fraction of sp³-hybridized carbons (Fsp3) is 0.588. The van der Waals surface area contributed by atoms with Crippen molar-refractivity contribution in [3.8, 4) is 0 Å². The van der Waals surface area contributed by atoms with Crippen LogP contribution in [-0.4, -0.2) is 35.9 Å². The molecule has 1 saturated carbocycles. The molecule has 108 valence electrons. The van der Waals surface area contributed by atoms with Gasteiger partial charge in [0.1, 0.15) is 5.78 Å². The standard InChI is InChI=1S/C17H24N2O/c20-17-9-5-4-8-16(17)19-12-10-15(11-13-19)18-14-6-2-1-3-7-14/h1-3,6-7,15-16,18H,4-5,8-13H2. The Bertz CT molecular complexity index is 438. The van der Waals surface area contributed by atoms with E-state index in [0.717, 1.165) is 45.2 Å². The van der Waals surface area contributed by atoms with Gasteiger partial charge in [-0.1, -0.05) is 24.6 Å². The average Bonchev–Trinajstić information content (AvgIpc) is 2.50. The summed E-state index contributed by atoms with van der Waals surface area (Å²) in [5.41, 5.74) is 1.21. The Morgan fingerprint density at radius 3 is 2.45 bits per heavy atom. The van der Waals surface area contributed by atoms with Crippen LogP contribution in [0.25, 0.3) is 0 Å². The van der Waals surface area contributed by atoms with E-state index in [4.69, 9.17) is 0 Å². The number of nitrogens with one attached hydrogen (secondary N) is 1. The van der Waals surface area contributed by atoms with Crippen LogP contribution in [0.5, 0.6) is 0 Å². The van der Waals surface area contributed by atoms with Crippen molar-refractivity contribution in [3.63, 3.8) is 0 Å². The fourth-order valence-electron chi connectivity index (χ4n) is 3.48. The third kappa shape index (κ3) is 3.21. The molecule has 0 bridgehead atoms. The molecule has 3 rings (SSSR count). The average molecular weight is 272 g/mol. The molecule has 1 atom stereocenters. The summed E-state index contributed by atoms with van der Waals surface area (Å²) >= 11 is 0. The third-order valence-electron chi connectivity index (χ3n) is 4.64. The number of hydrogen-bond acceptors (Lipinski definition) is 3. The number of carbonyl (C=O) groups is 1. The first-order valence-electron chi connectivity index (χ1n) is 7.91. The summed E-state index contributed by atoms with van der Waals surface area (Å²) in [7, 11) is 0. The molecular formula is C17H24N2O. The highest BCUT2D eigenvalue weighted by Crippen LogP contribution is 2.24. The number of nitrogens with zero attached hydrogens (tertiary/aromatic N) is 1. The maximum atomic E-state index is 12.0. The van der Waals surface area contributed by atoms with E-state index in [2.05, 4.69) is 34.5 Å². The smallest absolute Gasteiger partial charge is 0.149 e. The molecule has 1 aliphatic heterocycles. The molecule has 0 radical (unpaired) electrons. The summed E-state index contributed by atoms with van der Waals surface area (Å²) in [5, 5.41) is 3.60. The zero-order valence-electron chi connectivity index (χ0n) is 12.1. The summed E-state index contributed by atoms with van der Waals surface area (Å²) in [5.74, 6) is 0.478. The van der Waals surface area contributed by atoms with E-state index in [1.54, 1.807) is 0 Å². The van der Waals surface area contributed by atoms with Crippen LogP contribution in [0.1, 0.15) is 38.5 Å². The minimum Gasteiger partial charge on any atom is -0.382 e. The number of benzene rings is 1. The van der Waals surface area contributed by atoms with Crippen molar-refractivity contribution in [2.45, 2.75) is 50.6 Å². The van der Waals surface area contributed by atoms with Crippen molar-refractivity contribution in [1.82, 2.24) is 4.90 Å². The maximum absolute atomic E-state index is 12.0. The SMILES string of the molecule is O=C1CCCCC1N1CCC(Nc2ccccc2)CC1. The number of likely N-dealkylation sites (tertiary alicyclic amines) is 1. The summed E-state index contributed by atoms with van der Waals surface area (Å²) in [6.45, 7) is 2.11. The fourth-order valence-corrected chi connectivity index (χ4v) is 3.48.